The SMILES string of the molecule is CCc1ccc(-c2nnc(OC3CC4CCC(C3)N4C)s2)cc1.O=CO. The molecule has 6 nitrogen and oxygen atoms in total. The van der Waals surface area contributed by atoms with Crippen LogP contribution in [-0.2, 0) is 11.2 Å². The van der Waals surface area contributed by atoms with Crippen LogP contribution in [0.3, 0.4) is 0 Å². The third-order valence-electron chi connectivity index (χ3n) is 5.34. The molecule has 26 heavy (non-hydrogen) atoms. The summed E-state index contributed by atoms with van der Waals surface area (Å²) in [5.74, 6) is 0. The van der Waals surface area contributed by atoms with Crippen LogP contribution in [0.4, 0.5) is 0 Å². The van der Waals surface area contributed by atoms with Crippen molar-refractivity contribution >= 4 is 17.8 Å². The normalized spacial score (nSPS) is 24.6. The van der Waals surface area contributed by atoms with Crippen LogP contribution in [-0.4, -0.2) is 51.9 Å². The van der Waals surface area contributed by atoms with E-state index in [1.165, 1.54) is 18.4 Å². The lowest BCUT2D eigenvalue weighted by Gasteiger charge is -2.35. The second-order valence-electron chi connectivity index (χ2n) is 6.79. The Morgan fingerprint density at radius 2 is 1.85 bits per heavy atom. The van der Waals surface area contributed by atoms with E-state index in [2.05, 4.69) is 53.3 Å². The number of benzene rings is 1. The number of carbonyl (C=O) groups is 1. The van der Waals surface area contributed by atoms with E-state index < -0.39 is 0 Å². The summed E-state index contributed by atoms with van der Waals surface area (Å²) in [5.41, 5.74) is 2.47. The summed E-state index contributed by atoms with van der Waals surface area (Å²) < 4.78 is 6.15. The van der Waals surface area contributed by atoms with Crippen LogP contribution < -0.4 is 4.74 Å². The highest BCUT2D eigenvalue weighted by atomic mass is 32.1. The Balaban J connectivity index is 0.000000613. The predicted octanol–water partition coefficient (Wildman–Crippen LogP) is 3.47. The molecule has 1 aromatic carbocycles. The number of aryl methyl sites for hydroxylation is 1. The standard InChI is InChI=1S/C18H23N3OS.CH2O2/c1-3-12-4-6-13(7-5-12)17-19-20-18(23-17)22-16-10-14-8-9-15(11-16)21(14)2;2-1-3/h4-7,14-16H,3,8-11H2,1-2H3;1H,(H,2,3). The molecule has 2 aromatic rings. The van der Waals surface area contributed by atoms with Crippen molar-refractivity contribution in [2.24, 2.45) is 0 Å². The van der Waals surface area contributed by atoms with Crippen molar-refractivity contribution in [2.75, 3.05) is 7.05 Å². The first kappa shape index (κ1) is 18.8. The predicted molar refractivity (Wildman–Crippen MR) is 102 cm³/mol. The fraction of sp³-hybridized carbons (Fsp3) is 0.526. The lowest BCUT2D eigenvalue weighted by atomic mass is 10.0. The van der Waals surface area contributed by atoms with Gasteiger partial charge in [0.15, 0.2) is 5.01 Å². The first-order valence-electron chi connectivity index (χ1n) is 9.03. The highest BCUT2D eigenvalue weighted by Crippen LogP contribution is 2.37. The maximum Gasteiger partial charge on any atom is 0.294 e. The van der Waals surface area contributed by atoms with E-state index >= 15 is 0 Å². The van der Waals surface area contributed by atoms with E-state index in [0.29, 0.717) is 23.4 Å². The number of ether oxygens (including phenoxy) is 1. The molecular weight excluding hydrogens is 350 g/mol. The van der Waals surface area contributed by atoms with Crippen LogP contribution in [0.15, 0.2) is 24.3 Å². The third-order valence-corrected chi connectivity index (χ3v) is 6.20. The minimum absolute atomic E-state index is 0.250. The summed E-state index contributed by atoms with van der Waals surface area (Å²) in [5, 5.41) is 17.1. The van der Waals surface area contributed by atoms with E-state index in [9.17, 15) is 0 Å². The molecule has 2 unspecified atom stereocenters. The molecule has 0 amide bonds. The molecule has 2 saturated heterocycles. The average molecular weight is 375 g/mol. The van der Waals surface area contributed by atoms with Gasteiger partial charge >= 0.3 is 0 Å². The van der Waals surface area contributed by atoms with Crippen LogP contribution >= 0.6 is 11.3 Å². The van der Waals surface area contributed by atoms with Crippen molar-refractivity contribution in [1.29, 1.82) is 0 Å². The molecule has 4 rings (SSSR count). The van der Waals surface area contributed by atoms with Gasteiger partial charge in [0.2, 0.25) is 0 Å². The Morgan fingerprint density at radius 1 is 1.23 bits per heavy atom. The molecule has 140 valence electrons. The Bertz CT molecular complexity index is 705. The lowest BCUT2D eigenvalue weighted by Crippen LogP contribution is -2.43. The molecular formula is C19H25N3O3S. The quantitative estimate of drug-likeness (QED) is 0.825. The van der Waals surface area contributed by atoms with Gasteiger partial charge in [-0.25, -0.2) is 0 Å². The van der Waals surface area contributed by atoms with Crippen LogP contribution in [0.5, 0.6) is 5.19 Å². The molecule has 0 spiro atoms. The minimum Gasteiger partial charge on any atom is -0.483 e. The highest BCUT2D eigenvalue weighted by molar-refractivity contribution is 7.16. The van der Waals surface area contributed by atoms with Gasteiger partial charge in [0, 0.05) is 17.6 Å². The monoisotopic (exact) mass is 375 g/mol. The molecule has 0 saturated carbocycles. The lowest BCUT2D eigenvalue weighted by molar-refractivity contribution is -0.122. The van der Waals surface area contributed by atoms with Crippen molar-refractivity contribution in [3.63, 3.8) is 0 Å². The van der Waals surface area contributed by atoms with Gasteiger partial charge in [-0.05, 0) is 44.7 Å². The summed E-state index contributed by atoms with van der Waals surface area (Å²) in [4.78, 5) is 10.9. The number of nitrogens with zero attached hydrogens (tertiary/aromatic N) is 3. The summed E-state index contributed by atoms with van der Waals surface area (Å²) in [6.45, 7) is 1.92. The number of piperidine rings is 1. The Hall–Kier alpha value is -1.99. The first-order valence-corrected chi connectivity index (χ1v) is 9.85. The molecule has 1 N–H and O–H groups in total. The number of hydrogen-bond donors (Lipinski definition) is 1. The number of hydrogen-bond acceptors (Lipinski definition) is 6. The fourth-order valence-electron chi connectivity index (χ4n) is 3.86. The van der Waals surface area contributed by atoms with Gasteiger partial charge < -0.3 is 14.7 Å². The van der Waals surface area contributed by atoms with Crippen molar-refractivity contribution in [3.05, 3.63) is 29.8 Å². The van der Waals surface area contributed by atoms with E-state index in [-0.39, 0.29) is 6.47 Å². The maximum atomic E-state index is 8.36. The van der Waals surface area contributed by atoms with Crippen molar-refractivity contribution in [3.8, 4) is 15.8 Å². The summed E-state index contributed by atoms with van der Waals surface area (Å²) >= 11 is 1.56. The fourth-order valence-corrected chi connectivity index (χ4v) is 4.62. The van der Waals surface area contributed by atoms with Crippen LogP contribution in [0, 0.1) is 0 Å². The number of fused-ring (bicyclic) bond motifs is 2. The summed E-state index contributed by atoms with van der Waals surface area (Å²) in [7, 11) is 2.25. The number of aromatic nitrogens is 2. The van der Waals surface area contributed by atoms with Crippen molar-refractivity contribution in [1.82, 2.24) is 15.1 Å². The number of rotatable bonds is 4. The summed E-state index contributed by atoms with van der Waals surface area (Å²) in [6, 6.07) is 9.94. The zero-order valence-electron chi connectivity index (χ0n) is 15.2. The van der Waals surface area contributed by atoms with Gasteiger partial charge in [-0.15, -0.1) is 5.10 Å². The van der Waals surface area contributed by atoms with E-state index in [0.717, 1.165) is 29.8 Å². The van der Waals surface area contributed by atoms with Gasteiger partial charge in [0.25, 0.3) is 11.7 Å². The molecule has 2 fully saturated rings. The molecule has 2 atom stereocenters. The molecule has 7 heteroatoms. The van der Waals surface area contributed by atoms with Crippen LogP contribution in [0.25, 0.3) is 10.6 Å². The zero-order valence-corrected chi connectivity index (χ0v) is 16.0. The van der Waals surface area contributed by atoms with E-state index in [1.54, 1.807) is 11.3 Å². The van der Waals surface area contributed by atoms with Gasteiger partial charge in [-0.3, -0.25) is 4.79 Å². The second kappa shape index (κ2) is 8.60. The molecule has 2 bridgehead atoms. The van der Waals surface area contributed by atoms with Crippen LogP contribution in [0.2, 0.25) is 0 Å². The van der Waals surface area contributed by atoms with Gasteiger partial charge in [-0.1, -0.05) is 47.6 Å². The molecule has 0 aliphatic carbocycles. The first-order chi connectivity index (χ1) is 12.6. The van der Waals surface area contributed by atoms with Crippen molar-refractivity contribution in [2.45, 2.75) is 57.2 Å². The maximum absolute atomic E-state index is 8.36. The molecule has 3 heterocycles. The smallest absolute Gasteiger partial charge is 0.294 e. The molecule has 2 aliphatic heterocycles. The van der Waals surface area contributed by atoms with E-state index in [4.69, 9.17) is 14.6 Å². The molecule has 1 aromatic heterocycles. The summed E-state index contributed by atoms with van der Waals surface area (Å²) in [6.07, 6.45) is 6.22. The topological polar surface area (TPSA) is 75.6 Å². The Kier molecular flexibility index (Phi) is 6.21. The van der Waals surface area contributed by atoms with Crippen molar-refractivity contribution < 1.29 is 14.6 Å². The average Bonchev–Trinajstić information content (AvgIpc) is 3.17. The largest absolute Gasteiger partial charge is 0.483 e. The zero-order chi connectivity index (χ0) is 18.5. The van der Waals surface area contributed by atoms with Crippen LogP contribution in [0.1, 0.15) is 38.2 Å². The van der Waals surface area contributed by atoms with Gasteiger partial charge in [0.05, 0.1) is 0 Å². The molecule has 2 aliphatic rings. The van der Waals surface area contributed by atoms with E-state index in [1.807, 2.05) is 0 Å². The van der Waals surface area contributed by atoms with Gasteiger partial charge in [0.1, 0.15) is 6.10 Å². The molecule has 0 radical (unpaired) electrons. The third kappa shape index (κ3) is 4.22. The Labute approximate surface area is 157 Å². The Morgan fingerprint density at radius 3 is 2.42 bits per heavy atom. The highest BCUT2D eigenvalue weighted by Gasteiger charge is 2.39. The second-order valence-corrected chi connectivity index (χ2v) is 7.73. The van der Waals surface area contributed by atoms with Gasteiger partial charge in [-0.2, -0.15) is 0 Å². The number of carboxylic acid groups (broad SMARTS) is 1. The minimum atomic E-state index is -0.250.